The zero-order valence-corrected chi connectivity index (χ0v) is 15.9. The van der Waals surface area contributed by atoms with Crippen LogP contribution in [0.5, 0.6) is 0 Å². The average molecular weight is 364 g/mol. The fourth-order valence-electron chi connectivity index (χ4n) is 5.02. The Morgan fingerprint density at radius 1 is 1.15 bits per heavy atom. The molecule has 142 valence electrons. The summed E-state index contributed by atoms with van der Waals surface area (Å²) in [5.74, 6) is 0.396. The molecule has 0 N–H and O–H groups in total. The first-order chi connectivity index (χ1) is 13.2. The maximum Gasteiger partial charge on any atom is 0.222 e. The number of benzene rings is 1. The van der Waals surface area contributed by atoms with Gasteiger partial charge < -0.3 is 4.90 Å². The summed E-state index contributed by atoms with van der Waals surface area (Å²) in [7, 11) is 0. The molecule has 1 aliphatic carbocycles. The molecule has 0 unspecified atom stereocenters. The number of piperidine rings is 2. The van der Waals surface area contributed by atoms with Crippen LogP contribution in [0.15, 0.2) is 42.7 Å². The van der Waals surface area contributed by atoms with Crippen molar-refractivity contribution >= 4 is 5.91 Å². The van der Waals surface area contributed by atoms with Gasteiger partial charge in [-0.3, -0.25) is 9.69 Å². The second-order valence-corrected chi connectivity index (χ2v) is 8.69. The van der Waals surface area contributed by atoms with Crippen LogP contribution >= 0.6 is 0 Å². The molecule has 0 bridgehead atoms. The highest BCUT2D eigenvalue weighted by Gasteiger charge is 2.45. The van der Waals surface area contributed by atoms with Crippen LogP contribution in [0, 0.1) is 5.41 Å². The summed E-state index contributed by atoms with van der Waals surface area (Å²) in [6.45, 7) is 4.25. The predicted octanol–water partition coefficient (Wildman–Crippen LogP) is 3.24. The van der Waals surface area contributed by atoms with E-state index in [4.69, 9.17) is 0 Å². The van der Waals surface area contributed by atoms with Crippen LogP contribution in [0.4, 0.5) is 0 Å². The van der Waals surface area contributed by atoms with Crippen molar-refractivity contribution in [3.8, 4) is 5.69 Å². The molecule has 27 heavy (non-hydrogen) atoms. The highest BCUT2D eigenvalue weighted by atomic mass is 16.2. The highest BCUT2D eigenvalue weighted by Crippen LogP contribution is 2.42. The molecule has 2 aromatic rings. The van der Waals surface area contributed by atoms with Gasteiger partial charge in [-0.15, -0.1) is 0 Å². The van der Waals surface area contributed by atoms with Gasteiger partial charge in [-0.25, -0.2) is 4.68 Å². The fourth-order valence-corrected chi connectivity index (χ4v) is 5.02. The zero-order chi connectivity index (χ0) is 18.3. The number of hydrogen-bond acceptors (Lipinski definition) is 3. The normalized spacial score (nSPS) is 26.7. The van der Waals surface area contributed by atoms with Gasteiger partial charge in [0.25, 0.3) is 0 Å². The molecule has 1 aromatic heterocycles. The van der Waals surface area contributed by atoms with Gasteiger partial charge in [0.1, 0.15) is 0 Å². The van der Waals surface area contributed by atoms with Gasteiger partial charge in [0.15, 0.2) is 0 Å². The van der Waals surface area contributed by atoms with E-state index in [1.807, 2.05) is 23.1 Å². The van der Waals surface area contributed by atoms with Gasteiger partial charge in [-0.2, -0.15) is 5.10 Å². The SMILES string of the molecule is O=C1CC[C@@]2(CCCN(Cc3cccc(-n4cccn4)c3)C2)CN1C1CC1. The molecule has 3 aliphatic rings. The summed E-state index contributed by atoms with van der Waals surface area (Å²) in [5, 5.41) is 4.35. The van der Waals surface area contributed by atoms with E-state index in [-0.39, 0.29) is 0 Å². The quantitative estimate of drug-likeness (QED) is 0.836. The molecule has 1 atom stereocenters. The molecule has 2 aliphatic heterocycles. The molecule has 5 rings (SSSR count). The summed E-state index contributed by atoms with van der Waals surface area (Å²) < 4.78 is 1.92. The second-order valence-electron chi connectivity index (χ2n) is 8.69. The molecule has 0 radical (unpaired) electrons. The summed E-state index contributed by atoms with van der Waals surface area (Å²) in [4.78, 5) is 17.1. The van der Waals surface area contributed by atoms with Gasteiger partial charge in [-0.1, -0.05) is 12.1 Å². The van der Waals surface area contributed by atoms with Crippen LogP contribution in [-0.2, 0) is 11.3 Å². The van der Waals surface area contributed by atoms with E-state index in [2.05, 4.69) is 39.2 Å². The van der Waals surface area contributed by atoms with Gasteiger partial charge in [0, 0.05) is 49.9 Å². The molecule has 1 aromatic carbocycles. The van der Waals surface area contributed by atoms with Crippen LogP contribution in [0.2, 0.25) is 0 Å². The molecule has 2 saturated heterocycles. The third-order valence-corrected chi connectivity index (χ3v) is 6.51. The number of hydrogen-bond donors (Lipinski definition) is 0. The minimum Gasteiger partial charge on any atom is -0.339 e. The molecule has 3 fully saturated rings. The van der Waals surface area contributed by atoms with Crippen molar-refractivity contribution in [1.29, 1.82) is 0 Å². The molecule has 1 amide bonds. The van der Waals surface area contributed by atoms with E-state index < -0.39 is 0 Å². The Kier molecular flexibility index (Phi) is 4.27. The lowest BCUT2D eigenvalue weighted by Crippen LogP contribution is -2.54. The van der Waals surface area contributed by atoms with Crippen molar-refractivity contribution in [3.05, 3.63) is 48.3 Å². The number of aromatic nitrogens is 2. The number of carbonyl (C=O) groups excluding carboxylic acids is 1. The van der Waals surface area contributed by atoms with Crippen LogP contribution in [0.25, 0.3) is 5.69 Å². The number of amides is 1. The summed E-state index contributed by atoms with van der Waals surface area (Å²) in [6.07, 6.45) is 10.6. The summed E-state index contributed by atoms with van der Waals surface area (Å²) in [5.41, 5.74) is 2.77. The minimum atomic E-state index is 0.314. The Hall–Kier alpha value is -2.14. The zero-order valence-electron chi connectivity index (χ0n) is 15.9. The topological polar surface area (TPSA) is 41.4 Å². The first kappa shape index (κ1) is 17.0. The van der Waals surface area contributed by atoms with Crippen LogP contribution in [0.1, 0.15) is 44.1 Å². The van der Waals surface area contributed by atoms with Crippen molar-refractivity contribution < 1.29 is 4.79 Å². The average Bonchev–Trinajstić information content (AvgIpc) is 3.38. The Labute approximate surface area is 161 Å². The van der Waals surface area contributed by atoms with Gasteiger partial charge >= 0.3 is 0 Å². The lowest BCUT2D eigenvalue weighted by Gasteiger charge is -2.48. The summed E-state index contributed by atoms with van der Waals surface area (Å²) in [6, 6.07) is 11.2. The second kappa shape index (κ2) is 6.79. The van der Waals surface area contributed by atoms with Gasteiger partial charge in [-0.05, 0) is 62.4 Å². The number of nitrogens with zero attached hydrogens (tertiary/aromatic N) is 4. The van der Waals surface area contributed by atoms with E-state index >= 15 is 0 Å². The third kappa shape index (κ3) is 3.53. The number of carbonyl (C=O) groups is 1. The fraction of sp³-hybridized carbons (Fsp3) is 0.545. The van der Waals surface area contributed by atoms with Crippen molar-refractivity contribution in [2.75, 3.05) is 19.6 Å². The van der Waals surface area contributed by atoms with Gasteiger partial charge in [0.05, 0.1) is 5.69 Å². The number of rotatable bonds is 4. The smallest absolute Gasteiger partial charge is 0.222 e. The molecular formula is C22H28N4O. The Morgan fingerprint density at radius 2 is 2.07 bits per heavy atom. The van der Waals surface area contributed by atoms with E-state index in [0.717, 1.165) is 44.7 Å². The first-order valence-corrected chi connectivity index (χ1v) is 10.3. The van der Waals surface area contributed by atoms with E-state index in [0.29, 0.717) is 17.4 Å². The first-order valence-electron chi connectivity index (χ1n) is 10.3. The molecule has 1 spiro atoms. The molecular weight excluding hydrogens is 336 g/mol. The van der Waals surface area contributed by atoms with E-state index in [1.165, 1.54) is 31.2 Å². The maximum atomic E-state index is 12.3. The number of likely N-dealkylation sites (tertiary alicyclic amines) is 2. The Bertz CT molecular complexity index is 813. The highest BCUT2D eigenvalue weighted by molar-refractivity contribution is 5.78. The minimum absolute atomic E-state index is 0.314. The lowest BCUT2D eigenvalue weighted by atomic mass is 9.73. The molecule has 3 heterocycles. The van der Waals surface area contributed by atoms with E-state index in [9.17, 15) is 4.79 Å². The predicted molar refractivity (Wildman–Crippen MR) is 104 cm³/mol. The monoisotopic (exact) mass is 364 g/mol. The summed E-state index contributed by atoms with van der Waals surface area (Å²) >= 11 is 0. The largest absolute Gasteiger partial charge is 0.339 e. The molecule has 5 nitrogen and oxygen atoms in total. The maximum absolute atomic E-state index is 12.3. The van der Waals surface area contributed by atoms with E-state index in [1.54, 1.807) is 0 Å². The van der Waals surface area contributed by atoms with Crippen molar-refractivity contribution in [1.82, 2.24) is 19.6 Å². The Morgan fingerprint density at radius 3 is 2.89 bits per heavy atom. The van der Waals surface area contributed by atoms with Crippen LogP contribution in [-0.4, -0.2) is 51.2 Å². The Balaban J connectivity index is 1.29. The standard InChI is InChI=1S/C22H28N4O/c27-21-8-10-22(17-25(21)19-6-7-19)9-2-12-24(16-22)15-18-4-1-5-20(14-18)26-13-3-11-23-26/h1,3-5,11,13-14,19H,2,6-10,12,15-17H2/t22-/m1/s1. The van der Waals surface area contributed by atoms with Crippen molar-refractivity contribution in [2.24, 2.45) is 5.41 Å². The van der Waals surface area contributed by atoms with Crippen molar-refractivity contribution in [3.63, 3.8) is 0 Å². The molecule has 1 saturated carbocycles. The van der Waals surface area contributed by atoms with Crippen LogP contribution in [0.3, 0.4) is 0 Å². The van der Waals surface area contributed by atoms with Gasteiger partial charge in [0.2, 0.25) is 5.91 Å². The third-order valence-electron chi connectivity index (χ3n) is 6.51. The molecule has 5 heteroatoms. The van der Waals surface area contributed by atoms with Crippen molar-refractivity contribution in [2.45, 2.75) is 51.1 Å². The van der Waals surface area contributed by atoms with Crippen LogP contribution < -0.4 is 0 Å². The lowest BCUT2D eigenvalue weighted by molar-refractivity contribution is -0.140.